The molecule has 2 heterocycles. The van der Waals surface area contributed by atoms with Crippen LogP contribution < -0.4 is 4.90 Å². The standard InChI is InChI=1S/C20H11ClFNO2S2/c21-14-11-12(8-9-15(14)22)23-19(24)17(16-7-4-10-26-16)18(20(23)25)27-13-5-2-1-3-6-13/h1-11H. The molecule has 0 N–H and O–H groups in total. The molecule has 0 unspecified atom stereocenters. The maximum Gasteiger partial charge on any atom is 0.272 e. The van der Waals surface area contributed by atoms with Crippen LogP contribution >= 0.6 is 34.7 Å². The van der Waals surface area contributed by atoms with E-state index in [-0.39, 0.29) is 10.7 Å². The second-order valence-electron chi connectivity index (χ2n) is 5.64. The van der Waals surface area contributed by atoms with Gasteiger partial charge in [0.2, 0.25) is 0 Å². The lowest BCUT2D eigenvalue weighted by molar-refractivity contribution is -0.119. The fourth-order valence-electron chi connectivity index (χ4n) is 2.71. The molecule has 1 aliphatic heterocycles. The third kappa shape index (κ3) is 3.32. The van der Waals surface area contributed by atoms with Crippen LogP contribution in [0.25, 0.3) is 5.57 Å². The largest absolute Gasteiger partial charge is 0.272 e. The first-order chi connectivity index (χ1) is 13.1. The minimum Gasteiger partial charge on any atom is -0.268 e. The van der Waals surface area contributed by atoms with Gasteiger partial charge in [0.1, 0.15) is 5.82 Å². The van der Waals surface area contributed by atoms with Crippen molar-refractivity contribution in [2.45, 2.75) is 4.90 Å². The lowest BCUT2D eigenvalue weighted by atomic mass is 10.2. The zero-order chi connectivity index (χ0) is 19.0. The fraction of sp³-hybridized carbons (Fsp3) is 0. The molecule has 0 radical (unpaired) electrons. The second kappa shape index (κ2) is 7.31. The number of thiophene rings is 1. The summed E-state index contributed by atoms with van der Waals surface area (Å²) < 4.78 is 13.5. The van der Waals surface area contributed by atoms with E-state index in [2.05, 4.69) is 0 Å². The predicted octanol–water partition coefficient (Wildman–Crippen LogP) is 5.62. The van der Waals surface area contributed by atoms with Crippen molar-refractivity contribution in [3.63, 3.8) is 0 Å². The number of carbonyl (C=O) groups excluding carboxylic acids is 2. The van der Waals surface area contributed by atoms with Crippen molar-refractivity contribution in [3.05, 3.63) is 86.7 Å². The Bertz CT molecular complexity index is 1060. The van der Waals surface area contributed by atoms with Crippen LogP contribution in [0, 0.1) is 5.82 Å². The van der Waals surface area contributed by atoms with Crippen LogP contribution in [-0.4, -0.2) is 11.8 Å². The zero-order valence-corrected chi connectivity index (χ0v) is 16.1. The van der Waals surface area contributed by atoms with Gasteiger partial charge in [0.15, 0.2) is 0 Å². The van der Waals surface area contributed by atoms with Gasteiger partial charge in [-0.3, -0.25) is 9.59 Å². The van der Waals surface area contributed by atoms with E-state index in [1.54, 1.807) is 6.07 Å². The molecule has 0 saturated heterocycles. The van der Waals surface area contributed by atoms with Gasteiger partial charge < -0.3 is 0 Å². The smallest absolute Gasteiger partial charge is 0.268 e. The molecular formula is C20H11ClFNO2S2. The van der Waals surface area contributed by atoms with E-state index in [9.17, 15) is 14.0 Å². The average Bonchev–Trinajstić information content (AvgIpc) is 3.26. The lowest BCUT2D eigenvalue weighted by Gasteiger charge is -2.15. The molecule has 0 aliphatic carbocycles. The molecule has 1 aliphatic rings. The number of carbonyl (C=O) groups is 2. The fourth-order valence-corrected chi connectivity index (χ4v) is 4.72. The SMILES string of the molecule is O=C1C(Sc2ccccc2)=C(c2cccs2)C(=O)N1c1ccc(F)c(Cl)c1. The Balaban J connectivity index is 1.80. The summed E-state index contributed by atoms with van der Waals surface area (Å²) in [6.45, 7) is 0. The van der Waals surface area contributed by atoms with Gasteiger partial charge >= 0.3 is 0 Å². The number of hydrogen-bond acceptors (Lipinski definition) is 4. The van der Waals surface area contributed by atoms with Gasteiger partial charge in [-0.25, -0.2) is 9.29 Å². The van der Waals surface area contributed by atoms with Crippen molar-refractivity contribution in [2.75, 3.05) is 4.90 Å². The molecule has 1 aromatic heterocycles. The zero-order valence-electron chi connectivity index (χ0n) is 13.7. The minimum atomic E-state index is -0.607. The van der Waals surface area contributed by atoms with Gasteiger partial charge in [0, 0.05) is 9.77 Å². The molecule has 27 heavy (non-hydrogen) atoms. The predicted molar refractivity (Wildman–Crippen MR) is 107 cm³/mol. The number of nitrogens with zero attached hydrogens (tertiary/aromatic N) is 1. The normalized spacial score (nSPS) is 14.4. The van der Waals surface area contributed by atoms with E-state index < -0.39 is 17.6 Å². The highest BCUT2D eigenvalue weighted by Gasteiger charge is 2.41. The quantitative estimate of drug-likeness (QED) is 0.519. The van der Waals surface area contributed by atoms with E-state index in [1.165, 1.54) is 35.2 Å². The molecule has 0 saturated carbocycles. The van der Waals surface area contributed by atoms with Crippen LogP contribution in [0.1, 0.15) is 4.88 Å². The van der Waals surface area contributed by atoms with Gasteiger partial charge in [-0.2, -0.15) is 0 Å². The number of amides is 2. The summed E-state index contributed by atoms with van der Waals surface area (Å²) >= 11 is 8.48. The van der Waals surface area contributed by atoms with Crippen LogP contribution in [0.4, 0.5) is 10.1 Å². The van der Waals surface area contributed by atoms with Gasteiger partial charge in [0.25, 0.3) is 11.8 Å². The summed E-state index contributed by atoms with van der Waals surface area (Å²) in [5, 5.41) is 1.71. The Morgan fingerprint density at radius 2 is 1.74 bits per heavy atom. The molecule has 2 amide bonds. The number of hydrogen-bond donors (Lipinski definition) is 0. The summed E-state index contributed by atoms with van der Waals surface area (Å²) in [7, 11) is 0. The summed E-state index contributed by atoms with van der Waals surface area (Å²) in [5.74, 6) is -1.49. The van der Waals surface area contributed by atoms with E-state index in [4.69, 9.17) is 11.6 Å². The van der Waals surface area contributed by atoms with E-state index in [1.807, 2.05) is 41.8 Å². The van der Waals surface area contributed by atoms with Crippen molar-refractivity contribution >= 4 is 57.8 Å². The van der Waals surface area contributed by atoms with Crippen LogP contribution in [0.15, 0.2) is 75.8 Å². The van der Waals surface area contributed by atoms with Crippen molar-refractivity contribution in [2.24, 2.45) is 0 Å². The van der Waals surface area contributed by atoms with Gasteiger partial charge in [-0.1, -0.05) is 47.6 Å². The first-order valence-corrected chi connectivity index (χ1v) is 9.98. The molecular weight excluding hydrogens is 405 g/mol. The third-order valence-electron chi connectivity index (χ3n) is 3.93. The summed E-state index contributed by atoms with van der Waals surface area (Å²) in [5.41, 5.74) is 0.596. The lowest BCUT2D eigenvalue weighted by Crippen LogP contribution is -2.31. The topological polar surface area (TPSA) is 37.4 Å². The van der Waals surface area contributed by atoms with E-state index in [0.717, 1.165) is 15.9 Å². The molecule has 134 valence electrons. The van der Waals surface area contributed by atoms with E-state index >= 15 is 0 Å². The number of imide groups is 1. The van der Waals surface area contributed by atoms with E-state index in [0.29, 0.717) is 15.4 Å². The van der Waals surface area contributed by atoms with Crippen molar-refractivity contribution < 1.29 is 14.0 Å². The summed E-state index contributed by atoms with van der Waals surface area (Å²) in [6.07, 6.45) is 0. The van der Waals surface area contributed by atoms with Crippen LogP contribution in [0.3, 0.4) is 0 Å². The average molecular weight is 416 g/mol. The third-order valence-corrected chi connectivity index (χ3v) is 6.20. The number of benzene rings is 2. The highest BCUT2D eigenvalue weighted by atomic mass is 35.5. The first kappa shape index (κ1) is 18.0. The highest BCUT2D eigenvalue weighted by Crippen LogP contribution is 2.42. The monoisotopic (exact) mass is 415 g/mol. The molecule has 7 heteroatoms. The van der Waals surface area contributed by atoms with Gasteiger partial charge in [-0.05, 0) is 41.8 Å². The molecule has 3 nitrogen and oxygen atoms in total. The Hall–Kier alpha value is -2.41. The summed E-state index contributed by atoms with van der Waals surface area (Å²) in [4.78, 5) is 29.2. The first-order valence-electron chi connectivity index (χ1n) is 7.91. The van der Waals surface area contributed by atoms with Crippen molar-refractivity contribution in [1.82, 2.24) is 0 Å². The number of rotatable bonds is 4. The van der Waals surface area contributed by atoms with Gasteiger partial charge in [0.05, 0.1) is 21.2 Å². The molecule has 0 fully saturated rings. The molecule has 0 bridgehead atoms. The Labute approximate surface area is 168 Å². The summed E-state index contributed by atoms with van der Waals surface area (Å²) in [6, 6.07) is 16.8. The number of halogens is 2. The van der Waals surface area contributed by atoms with Crippen LogP contribution in [0.2, 0.25) is 5.02 Å². The Morgan fingerprint density at radius 3 is 2.41 bits per heavy atom. The van der Waals surface area contributed by atoms with Gasteiger partial charge in [-0.15, -0.1) is 11.3 Å². The molecule has 0 spiro atoms. The number of thioether (sulfide) groups is 1. The Morgan fingerprint density at radius 1 is 0.963 bits per heavy atom. The molecule has 2 aromatic carbocycles. The molecule has 4 rings (SSSR count). The Kier molecular flexibility index (Phi) is 4.86. The van der Waals surface area contributed by atoms with Crippen molar-refractivity contribution in [3.8, 4) is 0 Å². The van der Waals surface area contributed by atoms with Crippen molar-refractivity contribution in [1.29, 1.82) is 0 Å². The highest BCUT2D eigenvalue weighted by molar-refractivity contribution is 8.04. The molecule has 0 atom stereocenters. The van der Waals surface area contributed by atoms with Crippen LogP contribution in [0.5, 0.6) is 0 Å². The molecule has 3 aromatic rings. The second-order valence-corrected chi connectivity index (χ2v) is 8.08. The van der Waals surface area contributed by atoms with Crippen LogP contribution in [-0.2, 0) is 9.59 Å². The maximum absolute atomic E-state index is 13.5. The minimum absolute atomic E-state index is 0.144. The maximum atomic E-state index is 13.5. The number of anilines is 1.